The zero-order valence-corrected chi connectivity index (χ0v) is 16.9. The van der Waals surface area contributed by atoms with Gasteiger partial charge in [0, 0.05) is 33.1 Å². The molecule has 0 saturated carbocycles. The third-order valence-electron chi connectivity index (χ3n) is 4.24. The van der Waals surface area contributed by atoms with E-state index >= 15 is 0 Å². The van der Waals surface area contributed by atoms with E-state index in [-0.39, 0.29) is 37.8 Å². The van der Waals surface area contributed by atoms with E-state index in [1.807, 2.05) is 0 Å². The molecule has 2 heterocycles. The predicted octanol–water partition coefficient (Wildman–Crippen LogP) is 1.56. The number of carbonyl (C=O) groups is 1. The lowest BCUT2D eigenvalue weighted by atomic mass is 10.3. The zero-order valence-electron chi connectivity index (χ0n) is 15.3. The van der Waals surface area contributed by atoms with E-state index in [9.17, 15) is 26.4 Å². The summed E-state index contributed by atoms with van der Waals surface area (Å²) in [5.74, 6) is -3.79. The Kier molecular flexibility index (Phi) is 6.49. The highest BCUT2D eigenvalue weighted by Crippen LogP contribution is 2.24. The summed E-state index contributed by atoms with van der Waals surface area (Å²) in [4.78, 5) is 16.9. The molecule has 0 bridgehead atoms. The van der Waals surface area contributed by atoms with Crippen molar-refractivity contribution >= 4 is 27.7 Å². The van der Waals surface area contributed by atoms with Crippen LogP contribution in [0.15, 0.2) is 21.6 Å². The second kappa shape index (κ2) is 8.71. The summed E-state index contributed by atoms with van der Waals surface area (Å²) < 4.78 is 71.2. The summed E-state index contributed by atoms with van der Waals surface area (Å²) in [5.41, 5.74) is 0. The third kappa shape index (κ3) is 4.73. The summed E-state index contributed by atoms with van der Waals surface area (Å²) in [6.07, 6.45) is 0. The molecule has 2 aromatic rings. The lowest BCUT2D eigenvalue weighted by Gasteiger charge is -2.34. The van der Waals surface area contributed by atoms with Gasteiger partial charge in [0.2, 0.25) is 21.8 Å². The number of rotatable bonds is 6. The maximum atomic E-state index is 13.9. The first-order valence-electron chi connectivity index (χ1n) is 8.48. The van der Waals surface area contributed by atoms with Crippen LogP contribution >= 0.6 is 11.8 Å². The normalized spacial score (nSPS) is 15.7. The Morgan fingerprint density at radius 3 is 2.48 bits per heavy atom. The van der Waals surface area contributed by atoms with Crippen molar-refractivity contribution in [3.05, 3.63) is 41.3 Å². The first-order valence-corrected chi connectivity index (χ1v) is 11.1. The summed E-state index contributed by atoms with van der Waals surface area (Å²) in [6, 6.07) is 1.25. The largest absolute Gasteiger partial charge is 0.340 e. The Balaban J connectivity index is 1.55. The van der Waals surface area contributed by atoms with Gasteiger partial charge in [-0.05, 0) is 12.1 Å². The standard InChI is InChI=1S/C16H17F3N4O4S2/c1-10-20-13(21-27-10)8-28-9-14(24)22-4-6-23(7-5-22)29(25,26)12-3-2-11(17)15(18)16(12)19/h2-3H,4-9H2,1H3. The molecule has 0 aliphatic carbocycles. The molecule has 1 aliphatic rings. The molecule has 0 radical (unpaired) electrons. The van der Waals surface area contributed by atoms with Gasteiger partial charge in [-0.15, -0.1) is 11.8 Å². The van der Waals surface area contributed by atoms with Crippen molar-refractivity contribution in [1.29, 1.82) is 0 Å². The van der Waals surface area contributed by atoms with Gasteiger partial charge in [-0.3, -0.25) is 4.79 Å². The number of halogens is 3. The highest BCUT2D eigenvalue weighted by atomic mass is 32.2. The average Bonchev–Trinajstić information content (AvgIpc) is 3.11. The molecule has 1 saturated heterocycles. The first kappa shape index (κ1) is 21.6. The fourth-order valence-electron chi connectivity index (χ4n) is 2.75. The molecule has 0 atom stereocenters. The van der Waals surface area contributed by atoms with E-state index in [4.69, 9.17) is 4.52 Å². The van der Waals surface area contributed by atoms with Gasteiger partial charge in [-0.25, -0.2) is 21.6 Å². The molecule has 13 heteroatoms. The number of aromatic nitrogens is 2. The Hall–Kier alpha value is -2.12. The molecule has 29 heavy (non-hydrogen) atoms. The minimum absolute atomic E-state index is 0.0821. The van der Waals surface area contributed by atoms with Crippen LogP contribution in [-0.4, -0.2) is 65.6 Å². The minimum Gasteiger partial charge on any atom is -0.340 e. The number of benzene rings is 1. The van der Waals surface area contributed by atoms with Crippen LogP contribution in [0.4, 0.5) is 13.2 Å². The molecule has 8 nitrogen and oxygen atoms in total. The van der Waals surface area contributed by atoms with Crippen molar-refractivity contribution in [1.82, 2.24) is 19.3 Å². The van der Waals surface area contributed by atoms with Crippen LogP contribution in [0.1, 0.15) is 11.7 Å². The first-order chi connectivity index (χ1) is 13.7. The summed E-state index contributed by atoms with van der Waals surface area (Å²) in [6.45, 7) is 1.70. The van der Waals surface area contributed by atoms with E-state index in [0.29, 0.717) is 29.6 Å². The van der Waals surface area contributed by atoms with Crippen molar-refractivity contribution in [3.8, 4) is 0 Å². The van der Waals surface area contributed by atoms with E-state index in [1.165, 1.54) is 16.7 Å². The van der Waals surface area contributed by atoms with Crippen molar-refractivity contribution in [2.24, 2.45) is 0 Å². The monoisotopic (exact) mass is 450 g/mol. The van der Waals surface area contributed by atoms with Crippen molar-refractivity contribution in [2.45, 2.75) is 17.6 Å². The molecule has 1 aliphatic heterocycles. The van der Waals surface area contributed by atoms with E-state index in [0.717, 1.165) is 4.31 Å². The summed E-state index contributed by atoms with van der Waals surface area (Å²) >= 11 is 1.29. The van der Waals surface area contributed by atoms with Crippen LogP contribution in [0, 0.1) is 24.4 Å². The number of hydrogen-bond acceptors (Lipinski definition) is 7. The van der Waals surface area contributed by atoms with Gasteiger partial charge in [0.25, 0.3) is 0 Å². The number of aryl methyl sites for hydroxylation is 1. The molecule has 1 aromatic carbocycles. The van der Waals surface area contributed by atoms with Crippen LogP contribution in [0.25, 0.3) is 0 Å². The molecule has 1 fully saturated rings. The number of thioether (sulfide) groups is 1. The van der Waals surface area contributed by atoms with Crippen LogP contribution in [0.3, 0.4) is 0 Å². The Morgan fingerprint density at radius 1 is 1.17 bits per heavy atom. The number of piperazine rings is 1. The van der Waals surface area contributed by atoms with Gasteiger partial charge in [0.05, 0.1) is 11.5 Å². The predicted molar refractivity (Wildman–Crippen MR) is 96.9 cm³/mol. The topological polar surface area (TPSA) is 96.6 Å². The van der Waals surface area contributed by atoms with Gasteiger partial charge in [-0.1, -0.05) is 5.16 Å². The maximum absolute atomic E-state index is 13.9. The van der Waals surface area contributed by atoms with Crippen LogP contribution < -0.4 is 0 Å². The molecule has 0 N–H and O–H groups in total. The maximum Gasteiger partial charge on any atom is 0.246 e. The van der Waals surface area contributed by atoms with E-state index in [1.54, 1.807) is 6.92 Å². The van der Waals surface area contributed by atoms with E-state index in [2.05, 4.69) is 10.1 Å². The zero-order chi connectivity index (χ0) is 21.2. The van der Waals surface area contributed by atoms with Crippen molar-refractivity contribution in [2.75, 3.05) is 31.9 Å². The summed E-state index contributed by atoms with van der Waals surface area (Å²) in [7, 11) is -4.35. The molecular weight excluding hydrogens is 433 g/mol. The van der Waals surface area contributed by atoms with Gasteiger partial charge in [0.1, 0.15) is 4.90 Å². The second-order valence-electron chi connectivity index (χ2n) is 6.18. The molecule has 1 amide bonds. The molecule has 3 rings (SSSR count). The fourth-order valence-corrected chi connectivity index (χ4v) is 4.98. The lowest BCUT2D eigenvalue weighted by Crippen LogP contribution is -2.51. The van der Waals surface area contributed by atoms with E-state index < -0.39 is 32.4 Å². The fraction of sp³-hybridized carbons (Fsp3) is 0.438. The Bertz CT molecular complexity index is 1010. The van der Waals surface area contributed by atoms with Crippen LogP contribution in [-0.2, 0) is 20.6 Å². The third-order valence-corrected chi connectivity index (χ3v) is 7.06. The molecule has 0 spiro atoms. The lowest BCUT2D eigenvalue weighted by molar-refractivity contribution is -0.129. The Labute approximate surface area is 169 Å². The SMILES string of the molecule is Cc1nc(CSCC(=O)N2CCN(S(=O)(=O)c3ccc(F)c(F)c3F)CC2)no1. The number of hydrogen-bond donors (Lipinski definition) is 0. The smallest absolute Gasteiger partial charge is 0.246 e. The highest BCUT2D eigenvalue weighted by molar-refractivity contribution is 7.99. The van der Waals surface area contributed by atoms with Crippen LogP contribution in [0.5, 0.6) is 0 Å². The van der Waals surface area contributed by atoms with Crippen molar-refractivity contribution in [3.63, 3.8) is 0 Å². The quantitative estimate of drug-likeness (QED) is 0.616. The number of sulfonamides is 1. The second-order valence-corrected chi connectivity index (χ2v) is 9.07. The van der Waals surface area contributed by atoms with Gasteiger partial charge >= 0.3 is 0 Å². The van der Waals surface area contributed by atoms with Crippen molar-refractivity contribution < 1.29 is 30.9 Å². The molecule has 158 valence electrons. The number of carbonyl (C=O) groups excluding carboxylic acids is 1. The van der Waals surface area contributed by atoms with Gasteiger partial charge < -0.3 is 9.42 Å². The molecular formula is C16H17F3N4O4S2. The van der Waals surface area contributed by atoms with Gasteiger partial charge in [0.15, 0.2) is 23.3 Å². The van der Waals surface area contributed by atoms with Crippen LogP contribution in [0.2, 0.25) is 0 Å². The van der Waals surface area contributed by atoms with Gasteiger partial charge in [-0.2, -0.15) is 9.29 Å². The Morgan fingerprint density at radius 2 is 1.86 bits per heavy atom. The summed E-state index contributed by atoms with van der Waals surface area (Å²) in [5, 5.41) is 3.72. The number of amides is 1. The minimum atomic E-state index is -4.35. The molecule has 0 unspecified atom stereocenters. The number of nitrogens with zero attached hydrogens (tertiary/aromatic N) is 4. The highest BCUT2D eigenvalue weighted by Gasteiger charge is 2.33. The molecule has 1 aromatic heterocycles. The average molecular weight is 450 g/mol.